The van der Waals surface area contributed by atoms with Crippen molar-refractivity contribution in [1.29, 1.82) is 0 Å². The fraction of sp³-hybridized carbons (Fsp3) is 0.133. The number of nitrogens with one attached hydrogen (secondary N) is 1. The molecule has 2 N–H and O–H groups in total. The number of thiophene rings is 1. The van der Waals surface area contributed by atoms with E-state index >= 15 is 0 Å². The summed E-state index contributed by atoms with van der Waals surface area (Å²) in [6.07, 6.45) is 0.216. The number of carbonyl (C=O) groups is 2. The number of hydrogen-bond donors (Lipinski definition) is 2. The number of nitrogens with zero attached hydrogens (tertiary/aromatic N) is 1. The average Bonchev–Trinajstić information content (AvgIpc) is 3.01. The number of amides is 1. The van der Waals surface area contributed by atoms with Gasteiger partial charge in [0.2, 0.25) is 0 Å². The molecule has 0 aliphatic carbocycles. The molecule has 0 fully saturated rings. The van der Waals surface area contributed by atoms with E-state index in [1.165, 1.54) is 11.3 Å². The van der Waals surface area contributed by atoms with Crippen LogP contribution in [0, 0.1) is 0 Å². The second-order valence-electron chi connectivity index (χ2n) is 4.35. The Balaban J connectivity index is 2.14. The van der Waals surface area contributed by atoms with Crippen molar-refractivity contribution >= 4 is 44.9 Å². The molecule has 1 aromatic carbocycles. The maximum Gasteiger partial charge on any atom is 0.303 e. The lowest BCUT2D eigenvalue weighted by atomic mass is 10.2. The van der Waals surface area contributed by atoms with E-state index in [2.05, 4.69) is 26.5 Å². The van der Waals surface area contributed by atoms with Crippen LogP contribution >= 0.6 is 27.3 Å². The molecule has 5 nitrogen and oxygen atoms in total. The molecule has 2 rings (SSSR count). The summed E-state index contributed by atoms with van der Waals surface area (Å²) in [4.78, 5) is 23.7. The number of carboxylic acids is 1. The summed E-state index contributed by atoms with van der Waals surface area (Å²) < 4.78 is 0.672. The summed E-state index contributed by atoms with van der Waals surface area (Å²) in [5.74, 6) is -1.25. The van der Waals surface area contributed by atoms with Crippen molar-refractivity contribution in [1.82, 2.24) is 5.43 Å². The molecule has 0 spiro atoms. The molecule has 1 heterocycles. The van der Waals surface area contributed by atoms with Gasteiger partial charge in [-0.05, 0) is 39.5 Å². The number of benzene rings is 1. The van der Waals surface area contributed by atoms with Gasteiger partial charge in [-0.1, -0.05) is 18.2 Å². The van der Waals surface area contributed by atoms with Gasteiger partial charge in [-0.25, -0.2) is 5.43 Å². The van der Waals surface area contributed by atoms with E-state index in [0.29, 0.717) is 15.7 Å². The highest BCUT2D eigenvalue weighted by molar-refractivity contribution is 9.10. The maximum absolute atomic E-state index is 12.1. The molecule has 0 radical (unpaired) electrons. The minimum Gasteiger partial charge on any atom is -0.481 e. The van der Waals surface area contributed by atoms with Crippen LogP contribution < -0.4 is 5.43 Å². The van der Waals surface area contributed by atoms with Crippen LogP contribution in [0.15, 0.2) is 51.4 Å². The molecule has 1 amide bonds. The van der Waals surface area contributed by atoms with E-state index in [1.54, 1.807) is 18.2 Å². The molecular weight excluding hydrogens is 368 g/mol. The minimum atomic E-state index is -0.901. The van der Waals surface area contributed by atoms with Gasteiger partial charge in [0.05, 0.1) is 22.6 Å². The first-order chi connectivity index (χ1) is 10.6. The van der Waals surface area contributed by atoms with Gasteiger partial charge in [0.15, 0.2) is 0 Å². The molecule has 22 heavy (non-hydrogen) atoms. The monoisotopic (exact) mass is 380 g/mol. The SMILES string of the molecule is O=C(O)CC/C(=N/NC(=O)c1ccccc1Br)c1cccs1. The normalized spacial score (nSPS) is 11.2. The fourth-order valence-electron chi connectivity index (χ4n) is 1.73. The molecule has 0 unspecified atom stereocenters. The summed E-state index contributed by atoms with van der Waals surface area (Å²) in [6.45, 7) is 0. The van der Waals surface area contributed by atoms with E-state index in [-0.39, 0.29) is 18.7 Å². The van der Waals surface area contributed by atoms with Crippen LogP contribution in [0.1, 0.15) is 28.1 Å². The number of carbonyl (C=O) groups excluding carboxylic acids is 1. The first-order valence-electron chi connectivity index (χ1n) is 6.45. The van der Waals surface area contributed by atoms with Crippen molar-refractivity contribution in [3.05, 3.63) is 56.7 Å². The van der Waals surface area contributed by atoms with Crippen LogP contribution in [0.25, 0.3) is 0 Å². The molecule has 114 valence electrons. The third-order valence-corrected chi connectivity index (χ3v) is 4.40. The maximum atomic E-state index is 12.1. The van der Waals surface area contributed by atoms with Gasteiger partial charge in [-0.2, -0.15) is 5.10 Å². The summed E-state index contributed by atoms with van der Waals surface area (Å²) in [5, 5.41) is 14.8. The Morgan fingerprint density at radius 3 is 2.59 bits per heavy atom. The topological polar surface area (TPSA) is 78.8 Å². The van der Waals surface area contributed by atoms with Crippen molar-refractivity contribution in [3.63, 3.8) is 0 Å². The molecular formula is C15H13BrN2O3S. The van der Waals surface area contributed by atoms with Crippen molar-refractivity contribution in [2.75, 3.05) is 0 Å². The van der Waals surface area contributed by atoms with E-state index in [9.17, 15) is 9.59 Å². The van der Waals surface area contributed by atoms with Gasteiger partial charge in [0.1, 0.15) is 0 Å². The van der Waals surface area contributed by atoms with Crippen LogP contribution in [0.2, 0.25) is 0 Å². The molecule has 0 bridgehead atoms. The van der Waals surface area contributed by atoms with E-state index in [4.69, 9.17) is 5.11 Å². The van der Waals surface area contributed by atoms with Crippen LogP contribution in [0.5, 0.6) is 0 Å². The standard InChI is InChI=1S/C15H13BrN2O3S/c16-11-5-2-1-4-10(11)15(21)18-17-12(7-8-14(19)20)13-6-3-9-22-13/h1-6,9H,7-8H2,(H,18,21)(H,19,20)/b17-12-. The molecule has 0 aliphatic rings. The minimum absolute atomic E-state index is 0.0400. The first kappa shape index (κ1) is 16.4. The van der Waals surface area contributed by atoms with Gasteiger partial charge in [0.25, 0.3) is 5.91 Å². The van der Waals surface area contributed by atoms with E-state index in [0.717, 1.165) is 4.88 Å². The van der Waals surface area contributed by atoms with Crippen LogP contribution in [0.3, 0.4) is 0 Å². The highest BCUT2D eigenvalue weighted by atomic mass is 79.9. The average molecular weight is 381 g/mol. The zero-order chi connectivity index (χ0) is 15.9. The number of rotatable bonds is 6. The molecule has 0 atom stereocenters. The van der Waals surface area contributed by atoms with Crippen molar-refractivity contribution in [2.24, 2.45) is 5.10 Å². The number of hydrazone groups is 1. The van der Waals surface area contributed by atoms with E-state index in [1.807, 2.05) is 23.6 Å². The quantitative estimate of drug-likeness (QED) is 0.594. The number of carboxylic acid groups (broad SMARTS) is 1. The Hall–Kier alpha value is -1.99. The highest BCUT2D eigenvalue weighted by Gasteiger charge is 2.11. The molecule has 0 aliphatic heterocycles. The lowest BCUT2D eigenvalue weighted by Crippen LogP contribution is -2.20. The zero-order valence-corrected chi connectivity index (χ0v) is 13.9. The van der Waals surface area contributed by atoms with Gasteiger partial charge < -0.3 is 5.11 Å². The lowest BCUT2D eigenvalue weighted by molar-refractivity contribution is -0.136. The summed E-state index contributed by atoms with van der Waals surface area (Å²) in [6, 6.07) is 10.7. The van der Waals surface area contributed by atoms with Gasteiger partial charge in [-0.15, -0.1) is 11.3 Å². The Kier molecular flexibility index (Phi) is 5.85. The molecule has 1 aromatic heterocycles. The van der Waals surface area contributed by atoms with Crippen LogP contribution in [-0.2, 0) is 4.79 Å². The highest BCUT2D eigenvalue weighted by Crippen LogP contribution is 2.16. The second-order valence-corrected chi connectivity index (χ2v) is 6.15. The smallest absolute Gasteiger partial charge is 0.303 e. The lowest BCUT2D eigenvalue weighted by Gasteiger charge is -2.05. The Bertz CT molecular complexity index is 699. The fourth-order valence-corrected chi connectivity index (χ4v) is 2.94. The largest absolute Gasteiger partial charge is 0.481 e. The number of aliphatic carboxylic acids is 1. The van der Waals surface area contributed by atoms with Gasteiger partial charge >= 0.3 is 5.97 Å². The summed E-state index contributed by atoms with van der Waals surface area (Å²) >= 11 is 4.76. The molecule has 2 aromatic rings. The van der Waals surface area contributed by atoms with E-state index < -0.39 is 5.97 Å². The third kappa shape index (κ3) is 4.51. The van der Waals surface area contributed by atoms with Crippen molar-refractivity contribution < 1.29 is 14.7 Å². The summed E-state index contributed by atoms with van der Waals surface area (Å²) in [7, 11) is 0. The molecule has 0 saturated heterocycles. The Morgan fingerprint density at radius 1 is 1.18 bits per heavy atom. The predicted molar refractivity (Wildman–Crippen MR) is 89.3 cm³/mol. The molecule has 7 heteroatoms. The number of halogens is 1. The predicted octanol–water partition coefficient (Wildman–Crippen LogP) is 3.51. The van der Waals surface area contributed by atoms with Crippen LogP contribution in [0.4, 0.5) is 0 Å². The van der Waals surface area contributed by atoms with Crippen molar-refractivity contribution in [3.8, 4) is 0 Å². The summed E-state index contributed by atoms with van der Waals surface area (Å²) in [5.41, 5.74) is 3.51. The third-order valence-electron chi connectivity index (χ3n) is 2.79. The molecule has 0 saturated carbocycles. The number of hydrogen-bond acceptors (Lipinski definition) is 4. The van der Waals surface area contributed by atoms with Crippen LogP contribution in [-0.4, -0.2) is 22.7 Å². The Labute approximate surface area is 139 Å². The Morgan fingerprint density at radius 2 is 1.95 bits per heavy atom. The van der Waals surface area contributed by atoms with Gasteiger partial charge in [-0.3, -0.25) is 9.59 Å². The van der Waals surface area contributed by atoms with Gasteiger partial charge in [0, 0.05) is 10.9 Å². The zero-order valence-electron chi connectivity index (χ0n) is 11.5. The van der Waals surface area contributed by atoms with Crippen molar-refractivity contribution in [2.45, 2.75) is 12.8 Å². The second kappa shape index (κ2) is 7.86. The first-order valence-corrected chi connectivity index (χ1v) is 8.12.